The molecule has 0 radical (unpaired) electrons. The zero-order valence-corrected chi connectivity index (χ0v) is 13.2. The van der Waals surface area contributed by atoms with Gasteiger partial charge in [0, 0.05) is 18.6 Å². The number of fused-ring (bicyclic) bond motifs is 1. The molecule has 3 rings (SSSR count). The van der Waals surface area contributed by atoms with E-state index in [9.17, 15) is 0 Å². The van der Waals surface area contributed by atoms with Crippen molar-refractivity contribution in [3.8, 4) is 0 Å². The molecule has 1 aliphatic carbocycles. The van der Waals surface area contributed by atoms with Gasteiger partial charge < -0.3 is 5.32 Å². The highest BCUT2D eigenvalue weighted by Gasteiger charge is 2.42. The molecule has 1 fully saturated rings. The fourth-order valence-electron chi connectivity index (χ4n) is 4.34. The van der Waals surface area contributed by atoms with Gasteiger partial charge in [0.15, 0.2) is 0 Å². The number of benzene rings is 1. The van der Waals surface area contributed by atoms with Crippen LogP contribution in [0.2, 0.25) is 0 Å². The summed E-state index contributed by atoms with van der Waals surface area (Å²) in [5.41, 5.74) is 3.64. The Balaban J connectivity index is 1.80. The lowest BCUT2D eigenvalue weighted by Gasteiger charge is -2.32. The van der Waals surface area contributed by atoms with Gasteiger partial charge in [-0.2, -0.15) is 0 Å². The van der Waals surface area contributed by atoms with Crippen LogP contribution in [0.25, 0.3) is 0 Å². The van der Waals surface area contributed by atoms with E-state index < -0.39 is 0 Å². The van der Waals surface area contributed by atoms with Crippen LogP contribution < -0.4 is 5.32 Å². The van der Waals surface area contributed by atoms with Crippen molar-refractivity contribution < 1.29 is 0 Å². The van der Waals surface area contributed by atoms with Crippen molar-refractivity contribution in [2.75, 3.05) is 20.1 Å². The molecule has 1 aliphatic heterocycles. The van der Waals surface area contributed by atoms with Gasteiger partial charge in [-0.15, -0.1) is 0 Å². The highest BCUT2D eigenvalue weighted by atomic mass is 15.2. The van der Waals surface area contributed by atoms with Gasteiger partial charge in [-0.3, -0.25) is 4.90 Å². The van der Waals surface area contributed by atoms with Crippen molar-refractivity contribution in [2.45, 2.75) is 51.6 Å². The molecule has 1 N–H and O–H groups in total. The predicted molar refractivity (Wildman–Crippen MR) is 84.9 cm³/mol. The van der Waals surface area contributed by atoms with Crippen molar-refractivity contribution in [1.29, 1.82) is 0 Å². The largest absolute Gasteiger partial charge is 0.312 e. The molecule has 0 saturated carbocycles. The number of likely N-dealkylation sites (tertiary alicyclic amines) is 1. The molecule has 0 amide bonds. The average Bonchev–Trinajstić information content (AvgIpc) is 3.08. The number of rotatable bonds is 4. The van der Waals surface area contributed by atoms with Crippen molar-refractivity contribution in [3.63, 3.8) is 0 Å². The van der Waals surface area contributed by atoms with Crippen LogP contribution in [0, 0.1) is 5.41 Å². The third kappa shape index (κ3) is 2.19. The van der Waals surface area contributed by atoms with E-state index in [-0.39, 0.29) is 0 Å². The molecule has 0 aromatic heterocycles. The minimum atomic E-state index is 0.510. The summed E-state index contributed by atoms with van der Waals surface area (Å²) in [6.45, 7) is 7.30. The van der Waals surface area contributed by atoms with Crippen molar-refractivity contribution >= 4 is 0 Å². The molecule has 0 spiro atoms. The molecule has 20 heavy (non-hydrogen) atoms. The highest BCUT2D eigenvalue weighted by molar-refractivity contribution is 5.37. The maximum atomic E-state index is 3.57. The second-order valence-electron chi connectivity index (χ2n) is 6.66. The molecular formula is C18H28N2. The first-order valence-corrected chi connectivity index (χ1v) is 8.22. The molecule has 2 unspecified atom stereocenters. The summed E-state index contributed by atoms with van der Waals surface area (Å²) < 4.78 is 0. The van der Waals surface area contributed by atoms with Gasteiger partial charge in [-0.25, -0.2) is 0 Å². The van der Waals surface area contributed by atoms with Crippen LogP contribution in [0.3, 0.4) is 0 Å². The zero-order valence-electron chi connectivity index (χ0n) is 13.2. The van der Waals surface area contributed by atoms with Gasteiger partial charge >= 0.3 is 0 Å². The minimum Gasteiger partial charge on any atom is -0.312 e. The van der Waals surface area contributed by atoms with Crippen LogP contribution in [-0.2, 0) is 6.42 Å². The Morgan fingerprint density at radius 3 is 2.65 bits per heavy atom. The molecule has 110 valence electrons. The monoisotopic (exact) mass is 272 g/mol. The number of nitrogens with one attached hydrogen (secondary N) is 1. The fraction of sp³-hybridized carbons (Fsp3) is 0.667. The van der Waals surface area contributed by atoms with E-state index >= 15 is 0 Å². The van der Waals surface area contributed by atoms with Crippen LogP contribution in [0.5, 0.6) is 0 Å². The maximum absolute atomic E-state index is 3.57. The molecule has 2 aliphatic rings. The summed E-state index contributed by atoms with van der Waals surface area (Å²) in [5, 5.41) is 3.57. The van der Waals surface area contributed by atoms with Crippen molar-refractivity contribution in [3.05, 3.63) is 35.4 Å². The van der Waals surface area contributed by atoms with Crippen LogP contribution in [0.1, 0.15) is 50.3 Å². The lowest BCUT2D eigenvalue weighted by Crippen LogP contribution is -2.41. The Hall–Kier alpha value is -0.860. The normalized spacial score (nSPS) is 28.8. The Morgan fingerprint density at radius 1 is 1.25 bits per heavy atom. The Morgan fingerprint density at radius 2 is 2.00 bits per heavy atom. The van der Waals surface area contributed by atoms with Gasteiger partial charge in [0.2, 0.25) is 0 Å². The first-order chi connectivity index (χ1) is 9.73. The van der Waals surface area contributed by atoms with E-state index in [1.54, 1.807) is 5.56 Å². The third-order valence-corrected chi connectivity index (χ3v) is 5.95. The second-order valence-corrected chi connectivity index (χ2v) is 6.66. The van der Waals surface area contributed by atoms with E-state index in [4.69, 9.17) is 0 Å². The molecule has 1 heterocycles. The van der Waals surface area contributed by atoms with Gasteiger partial charge in [-0.1, -0.05) is 38.1 Å². The number of nitrogens with zero attached hydrogens (tertiary/aromatic N) is 1. The average molecular weight is 272 g/mol. The molecule has 1 aromatic carbocycles. The maximum Gasteiger partial charge on any atom is 0.0481 e. The summed E-state index contributed by atoms with van der Waals surface area (Å²) in [5.74, 6) is 0. The summed E-state index contributed by atoms with van der Waals surface area (Å²) in [6.07, 6.45) is 5.24. The van der Waals surface area contributed by atoms with Gasteiger partial charge in [0.25, 0.3) is 0 Å². The number of hydrogen-bond donors (Lipinski definition) is 1. The van der Waals surface area contributed by atoms with E-state index in [2.05, 4.69) is 55.4 Å². The van der Waals surface area contributed by atoms with Crippen LogP contribution >= 0.6 is 0 Å². The Bertz CT molecular complexity index is 464. The summed E-state index contributed by atoms with van der Waals surface area (Å²) >= 11 is 0. The second kappa shape index (κ2) is 5.50. The van der Waals surface area contributed by atoms with Gasteiger partial charge in [0.1, 0.15) is 0 Å². The molecule has 2 atom stereocenters. The van der Waals surface area contributed by atoms with Crippen LogP contribution in [-0.4, -0.2) is 31.1 Å². The summed E-state index contributed by atoms with van der Waals surface area (Å²) in [6, 6.07) is 10.1. The van der Waals surface area contributed by atoms with Crippen molar-refractivity contribution in [2.24, 2.45) is 5.41 Å². The topological polar surface area (TPSA) is 15.3 Å². The van der Waals surface area contributed by atoms with Crippen LogP contribution in [0.4, 0.5) is 0 Å². The summed E-state index contributed by atoms with van der Waals surface area (Å²) in [4.78, 5) is 2.76. The molecular weight excluding hydrogens is 244 g/mol. The van der Waals surface area contributed by atoms with Crippen molar-refractivity contribution in [1.82, 2.24) is 10.2 Å². The number of hydrogen-bond acceptors (Lipinski definition) is 2. The standard InChI is InChI=1S/C18H28N2/c1-4-18(5-2)10-11-20(13-18)16-12-14-8-6-7-9-15(14)17(16)19-3/h6-9,16-17,19H,4-5,10-13H2,1-3H3. The van der Waals surface area contributed by atoms with Gasteiger partial charge in [-0.05, 0) is 55.8 Å². The molecule has 2 heteroatoms. The van der Waals surface area contributed by atoms with E-state index in [0.717, 1.165) is 0 Å². The minimum absolute atomic E-state index is 0.510. The predicted octanol–water partition coefficient (Wildman–Crippen LogP) is 3.38. The lowest BCUT2D eigenvalue weighted by molar-refractivity contribution is 0.172. The highest BCUT2D eigenvalue weighted by Crippen LogP contribution is 2.42. The molecule has 1 aromatic rings. The molecule has 1 saturated heterocycles. The van der Waals surface area contributed by atoms with E-state index in [1.807, 2.05) is 0 Å². The smallest absolute Gasteiger partial charge is 0.0481 e. The fourth-order valence-corrected chi connectivity index (χ4v) is 4.34. The van der Waals surface area contributed by atoms with E-state index in [1.165, 1.54) is 44.3 Å². The molecule has 0 bridgehead atoms. The SMILES string of the molecule is CCC1(CC)CCN(C2Cc3ccccc3C2NC)C1. The Labute approximate surface area is 123 Å². The zero-order chi connectivity index (χ0) is 14.2. The third-order valence-electron chi connectivity index (χ3n) is 5.95. The lowest BCUT2D eigenvalue weighted by atomic mass is 9.82. The first kappa shape index (κ1) is 14.1. The quantitative estimate of drug-likeness (QED) is 0.904. The molecule has 2 nitrogen and oxygen atoms in total. The number of likely N-dealkylation sites (N-methyl/N-ethyl adjacent to an activating group) is 1. The first-order valence-electron chi connectivity index (χ1n) is 8.22. The Kier molecular flexibility index (Phi) is 3.87. The summed E-state index contributed by atoms with van der Waals surface area (Å²) in [7, 11) is 2.11. The van der Waals surface area contributed by atoms with Crippen LogP contribution in [0.15, 0.2) is 24.3 Å². The van der Waals surface area contributed by atoms with Gasteiger partial charge in [0.05, 0.1) is 0 Å². The van der Waals surface area contributed by atoms with E-state index in [0.29, 0.717) is 17.5 Å².